The molecule has 0 heterocycles. The van der Waals surface area contributed by atoms with Crippen molar-refractivity contribution in [2.75, 3.05) is 40.0 Å². The lowest BCUT2D eigenvalue weighted by Gasteiger charge is -2.09. The zero-order valence-corrected chi connectivity index (χ0v) is 14.7. The SMILES string of the molecule is COCCNCCNC(=O)CCOc1cccc(Cl)c1Cl.Cl. The van der Waals surface area contributed by atoms with Gasteiger partial charge in [0.05, 0.1) is 24.7 Å². The van der Waals surface area contributed by atoms with E-state index in [-0.39, 0.29) is 31.3 Å². The summed E-state index contributed by atoms with van der Waals surface area (Å²) in [4.78, 5) is 11.6. The van der Waals surface area contributed by atoms with E-state index in [1.54, 1.807) is 25.3 Å². The minimum Gasteiger partial charge on any atom is -0.491 e. The van der Waals surface area contributed by atoms with Crippen molar-refractivity contribution in [3.8, 4) is 5.75 Å². The molecule has 0 aliphatic rings. The minimum absolute atomic E-state index is 0. The van der Waals surface area contributed by atoms with E-state index in [2.05, 4.69) is 10.6 Å². The number of ether oxygens (including phenoxy) is 2. The first-order valence-electron chi connectivity index (χ1n) is 6.68. The average molecular weight is 372 g/mol. The van der Waals surface area contributed by atoms with Crippen molar-refractivity contribution in [1.82, 2.24) is 10.6 Å². The topological polar surface area (TPSA) is 59.6 Å². The van der Waals surface area contributed by atoms with Crippen LogP contribution in [-0.4, -0.2) is 45.9 Å². The van der Waals surface area contributed by atoms with Crippen molar-refractivity contribution in [3.05, 3.63) is 28.2 Å². The molecule has 1 amide bonds. The summed E-state index contributed by atoms with van der Waals surface area (Å²) in [5.41, 5.74) is 0. The van der Waals surface area contributed by atoms with Crippen LogP contribution in [0.3, 0.4) is 0 Å². The number of hydrogen-bond acceptors (Lipinski definition) is 4. The Bertz CT molecular complexity index is 447. The Labute approximate surface area is 147 Å². The Hall–Kier alpha value is -0.720. The Morgan fingerprint density at radius 2 is 1.95 bits per heavy atom. The second-order valence-corrected chi connectivity index (χ2v) is 5.03. The Morgan fingerprint density at radius 1 is 1.18 bits per heavy atom. The molecule has 22 heavy (non-hydrogen) atoms. The van der Waals surface area contributed by atoms with Crippen LogP contribution in [-0.2, 0) is 9.53 Å². The van der Waals surface area contributed by atoms with Gasteiger partial charge in [0.15, 0.2) is 0 Å². The van der Waals surface area contributed by atoms with Gasteiger partial charge in [0.2, 0.25) is 5.91 Å². The molecular weight excluding hydrogens is 351 g/mol. The summed E-state index contributed by atoms with van der Waals surface area (Å²) in [7, 11) is 1.65. The Kier molecular flexibility index (Phi) is 12.4. The van der Waals surface area contributed by atoms with Gasteiger partial charge in [0.1, 0.15) is 10.8 Å². The normalized spacial score (nSPS) is 9.95. The highest BCUT2D eigenvalue weighted by molar-refractivity contribution is 6.42. The summed E-state index contributed by atoms with van der Waals surface area (Å²) in [5, 5.41) is 6.72. The van der Waals surface area contributed by atoms with Crippen molar-refractivity contribution in [1.29, 1.82) is 0 Å². The number of benzene rings is 1. The van der Waals surface area contributed by atoms with E-state index in [1.165, 1.54) is 0 Å². The lowest BCUT2D eigenvalue weighted by molar-refractivity contribution is -0.121. The van der Waals surface area contributed by atoms with Gasteiger partial charge < -0.3 is 20.1 Å². The largest absolute Gasteiger partial charge is 0.491 e. The van der Waals surface area contributed by atoms with Crippen molar-refractivity contribution >= 4 is 41.5 Å². The van der Waals surface area contributed by atoms with E-state index < -0.39 is 0 Å². The van der Waals surface area contributed by atoms with Crippen LogP contribution in [0.2, 0.25) is 10.0 Å². The number of hydrogen-bond donors (Lipinski definition) is 2. The molecule has 0 fully saturated rings. The summed E-state index contributed by atoms with van der Waals surface area (Å²) in [6.07, 6.45) is 0.265. The van der Waals surface area contributed by atoms with Crippen LogP contribution in [0.15, 0.2) is 18.2 Å². The predicted octanol–water partition coefficient (Wildman–Crippen LogP) is 2.54. The van der Waals surface area contributed by atoms with Crippen LogP contribution in [0.4, 0.5) is 0 Å². The third kappa shape index (κ3) is 8.66. The predicted molar refractivity (Wildman–Crippen MR) is 91.6 cm³/mol. The molecule has 0 aliphatic carbocycles. The number of rotatable bonds is 10. The maximum absolute atomic E-state index is 11.6. The Morgan fingerprint density at radius 3 is 2.68 bits per heavy atom. The quantitative estimate of drug-likeness (QED) is 0.621. The number of carbonyl (C=O) groups is 1. The molecule has 0 aromatic heterocycles. The van der Waals surface area contributed by atoms with Crippen LogP contribution in [0.5, 0.6) is 5.75 Å². The average Bonchev–Trinajstić information content (AvgIpc) is 2.47. The van der Waals surface area contributed by atoms with Crippen molar-refractivity contribution < 1.29 is 14.3 Å². The molecule has 126 valence electrons. The van der Waals surface area contributed by atoms with Crippen molar-refractivity contribution in [3.63, 3.8) is 0 Å². The van der Waals surface area contributed by atoms with E-state index >= 15 is 0 Å². The standard InChI is InChI=1S/C14H20Cl2N2O3.ClH/c1-20-10-8-17-6-7-18-13(19)5-9-21-12-4-2-3-11(15)14(12)16;/h2-4,17H,5-10H2,1H3,(H,18,19);1H. The first-order chi connectivity index (χ1) is 10.1. The monoisotopic (exact) mass is 370 g/mol. The van der Waals surface area contributed by atoms with Crippen LogP contribution in [0, 0.1) is 0 Å². The Balaban J connectivity index is 0.00000441. The maximum Gasteiger partial charge on any atom is 0.223 e. The van der Waals surface area contributed by atoms with Gasteiger partial charge in [-0.1, -0.05) is 29.3 Å². The van der Waals surface area contributed by atoms with E-state index in [0.717, 1.165) is 6.54 Å². The molecule has 5 nitrogen and oxygen atoms in total. The van der Waals surface area contributed by atoms with Gasteiger partial charge in [0.25, 0.3) is 0 Å². The summed E-state index contributed by atoms with van der Waals surface area (Å²) in [6, 6.07) is 5.14. The van der Waals surface area contributed by atoms with Crippen molar-refractivity contribution in [2.45, 2.75) is 6.42 Å². The summed E-state index contributed by atoms with van der Waals surface area (Å²) in [5.74, 6) is 0.417. The fourth-order valence-corrected chi connectivity index (χ4v) is 1.87. The number of methoxy groups -OCH3 is 1. The van der Waals surface area contributed by atoms with Crippen LogP contribution in [0.1, 0.15) is 6.42 Å². The van der Waals surface area contributed by atoms with Gasteiger partial charge >= 0.3 is 0 Å². The van der Waals surface area contributed by atoms with Gasteiger partial charge in [-0.3, -0.25) is 4.79 Å². The number of nitrogens with one attached hydrogen (secondary N) is 2. The molecular formula is C14H21Cl3N2O3. The van der Waals surface area contributed by atoms with Crippen LogP contribution >= 0.6 is 35.6 Å². The molecule has 0 unspecified atom stereocenters. The molecule has 0 saturated heterocycles. The number of amides is 1. The molecule has 8 heteroatoms. The molecule has 0 saturated carbocycles. The van der Waals surface area contributed by atoms with E-state index in [1.807, 2.05) is 0 Å². The highest BCUT2D eigenvalue weighted by atomic mass is 35.5. The first kappa shape index (κ1) is 21.3. The second-order valence-electron chi connectivity index (χ2n) is 4.24. The van der Waals surface area contributed by atoms with Gasteiger partial charge in [-0.25, -0.2) is 0 Å². The fraction of sp³-hybridized carbons (Fsp3) is 0.500. The molecule has 0 aliphatic heterocycles. The van der Waals surface area contributed by atoms with Gasteiger partial charge in [0, 0.05) is 26.7 Å². The lowest BCUT2D eigenvalue weighted by Crippen LogP contribution is -2.33. The third-order valence-corrected chi connectivity index (χ3v) is 3.41. The number of carbonyl (C=O) groups excluding carboxylic acids is 1. The minimum atomic E-state index is -0.0679. The first-order valence-corrected chi connectivity index (χ1v) is 7.44. The second kappa shape index (κ2) is 12.8. The van der Waals surface area contributed by atoms with Gasteiger partial charge in [-0.15, -0.1) is 12.4 Å². The molecule has 1 aromatic rings. The van der Waals surface area contributed by atoms with Crippen molar-refractivity contribution in [2.24, 2.45) is 0 Å². The zero-order chi connectivity index (χ0) is 15.5. The van der Waals surface area contributed by atoms with E-state index in [0.29, 0.717) is 35.5 Å². The lowest BCUT2D eigenvalue weighted by atomic mass is 10.3. The fourth-order valence-electron chi connectivity index (χ4n) is 1.53. The third-order valence-electron chi connectivity index (χ3n) is 2.61. The van der Waals surface area contributed by atoms with Crippen LogP contribution < -0.4 is 15.4 Å². The number of halogens is 3. The maximum atomic E-state index is 11.6. The highest BCUT2D eigenvalue weighted by Gasteiger charge is 2.06. The van der Waals surface area contributed by atoms with E-state index in [4.69, 9.17) is 32.7 Å². The molecule has 0 radical (unpaired) electrons. The molecule has 1 aromatic carbocycles. The smallest absolute Gasteiger partial charge is 0.223 e. The van der Waals surface area contributed by atoms with Crippen LogP contribution in [0.25, 0.3) is 0 Å². The molecule has 0 spiro atoms. The summed E-state index contributed by atoms with van der Waals surface area (Å²) < 4.78 is 10.3. The van der Waals surface area contributed by atoms with Gasteiger partial charge in [-0.05, 0) is 12.1 Å². The molecule has 0 bridgehead atoms. The zero-order valence-electron chi connectivity index (χ0n) is 12.4. The molecule has 1 rings (SSSR count). The highest BCUT2D eigenvalue weighted by Crippen LogP contribution is 2.31. The molecule has 2 N–H and O–H groups in total. The van der Waals surface area contributed by atoms with Gasteiger partial charge in [-0.2, -0.15) is 0 Å². The molecule has 0 atom stereocenters. The van der Waals surface area contributed by atoms with E-state index in [9.17, 15) is 4.79 Å². The summed E-state index contributed by atoms with van der Waals surface area (Å²) in [6.45, 7) is 2.95. The summed E-state index contributed by atoms with van der Waals surface area (Å²) >= 11 is 11.8.